The van der Waals surface area contributed by atoms with Crippen LogP contribution in [0.5, 0.6) is 0 Å². The van der Waals surface area contributed by atoms with Gasteiger partial charge >= 0.3 is 11.4 Å². The molecule has 7 rings (SSSR count). The third-order valence-corrected chi connectivity index (χ3v) is 10.6. The second-order valence-corrected chi connectivity index (χ2v) is 13.2. The summed E-state index contributed by atoms with van der Waals surface area (Å²) in [6.45, 7) is 1.30. The van der Waals surface area contributed by atoms with E-state index in [0.29, 0.717) is 17.0 Å². The number of nitro groups is 2. The number of rotatable bonds is 7. The van der Waals surface area contributed by atoms with Gasteiger partial charge in [-0.15, -0.1) is 0 Å². The van der Waals surface area contributed by atoms with Gasteiger partial charge < -0.3 is 14.4 Å². The average Bonchev–Trinajstić information content (AvgIpc) is 3.70. The largest absolute Gasteiger partial charge is 0.463 e. The molecule has 1 N–H and O–H groups in total. The first-order valence-corrected chi connectivity index (χ1v) is 15.7. The minimum absolute atomic E-state index is 0.0498. The van der Waals surface area contributed by atoms with Crippen LogP contribution in [0.25, 0.3) is 0 Å². The Morgan fingerprint density at radius 1 is 0.898 bits per heavy atom. The lowest BCUT2D eigenvalue weighted by molar-refractivity contribution is -0.392. The van der Waals surface area contributed by atoms with Crippen molar-refractivity contribution < 1.29 is 38.5 Å². The standard InChI is InChI=1S/C34H31N5O10/c1-34-23(31(42)37(33(34)44)17-7-5-4-6-8-17)15-22-20(28(34)26-12-9-19(16-40)49-26)10-11-21-27(22)32(43)36(30(21)41)18-13-24(38(45)46)29(35(2)3)25(14-18)39(47)48/h4-10,12-14,21-23,27-28,40H,11,15-16H2,1-3H3/t21-,22+,23-,27-,28+,34+/m0/s1. The molecule has 15 nitrogen and oxygen atoms in total. The molecule has 15 heteroatoms. The summed E-state index contributed by atoms with van der Waals surface area (Å²) in [6.07, 6.45) is 1.93. The molecular formula is C34H31N5O10. The Hall–Kier alpha value is -5.70. The number of benzene rings is 2. The van der Waals surface area contributed by atoms with Crippen LogP contribution in [0, 0.1) is 49.3 Å². The summed E-state index contributed by atoms with van der Waals surface area (Å²) < 4.78 is 6.00. The maximum atomic E-state index is 14.4. The molecular weight excluding hydrogens is 638 g/mol. The highest BCUT2D eigenvalue weighted by Gasteiger charge is 2.68. The highest BCUT2D eigenvalue weighted by atomic mass is 16.6. The lowest BCUT2D eigenvalue weighted by Crippen LogP contribution is -2.48. The number of hydrogen-bond donors (Lipinski definition) is 1. The molecule has 2 aliphatic carbocycles. The molecule has 3 aromatic rings. The lowest BCUT2D eigenvalue weighted by Gasteiger charge is -2.48. The van der Waals surface area contributed by atoms with Gasteiger partial charge in [0.1, 0.15) is 18.1 Å². The van der Waals surface area contributed by atoms with E-state index in [-0.39, 0.29) is 30.0 Å². The fraction of sp³-hybridized carbons (Fsp3) is 0.353. The first-order valence-electron chi connectivity index (χ1n) is 15.7. The molecule has 49 heavy (non-hydrogen) atoms. The van der Waals surface area contributed by atoms with Crippen molar-refractivity contribution >= 4 is 52.1 Å². The number of carbonyl (C=O) groups is 4. The number of nitrogens with zero attached hydrogens (tertiary/aromatic N) is 5. The van der Waals surface area contributed by atoms with Crippen molar-refractivity contribution in [1.82, 2.24) is 0 Å². The minimum Gasteiger partial charge on any atom is -0.463 e. The van der Waals surface area contributed by atoms with Gasteiger partial charge in [0, 0.05) is 26.2 Å². The summed E-state index contributed by atoms with van der Waals surface area (Å²) >= 11 is 0. The normalized spacial score (nSPS) is 27.5. The number of amides is 4. The molecule has 0 radical (unpaired) electrons. The van der Waals surface area contributed by atoms with Crippen molar-refractivity contribution in [2.75, 3.05) is 28.8 Å². The molecule has 2 aromatic carbocycles. The van der Waals surface area contributed by atoms with Gasteiger partial charge in [0.05, 0.1) is 50.3 Å². The predicted octanol–water partition coefficient (Wildman–Crippen LogP) is 4.09. The summed E-state index contributed by atoms with van der Waals surface area (Å²) in [6, 6.07) is 13.7. The van der Waals surface area contributed by atoms with Crippen LogP contribution in [0.4, 0.5) is 28.4 Å². The quantitative estimate of drug-likeness (QED) is 0.165. The number of hydrogen-bond acceptors (Lipinski definition) is 11. The monoisotopic (exact) mass is 669 g/mol. The topological polar surface area (TPSA) is 198 Å². The molecule has 0 unspecified atom stereocenters. The molecule has 0 spiro atoms. The van der Waals surface area contributed by atoms with E-state index in [0.717, 1.165) is 21.9 Å². The Morgan fingerprint density at radius 2 is 1.55 bits per heavy atom. The maximum absolute atomic E-state index is 14.4. The number of aliphatic hydroxyl groups is 1. The minimum atomic E-state index is -1.35. The van der Waals surface area contributed by atoms with Crippen LogP contribution in [-0.2, 0) is 25.8 Å². The molecule has 2 saturated heterocycles. The van der Waals surface area contributed by atoms with E-state index in [9.17, 15) is 44.5 Å². The molecule has 4 aliphatic rings. The SMILES string of the molecule is CN(C)c1c([N+](=O)[O-])cc(N2C(=O)[C@H]3[C@H](CC=C4[C@H]3C[C@H]3C(=O)N(c5ccccc5)C(=O)[C@@]3(C)[C@H]4c3ccc(CO)o3)C2=O)cc1[N+](=O)[O-]. The number of aliphatic hydroxyl groups excluding tert-OH is 1. The van der Waals surface area contributed by atoms with Gasteiger partial charge in [-0.3, -0.25) is 39.4 Å². The van der Waals surface area contributed by atoms with Gasteiger partial charge in [-0.2, -0.15) is 0 Å². The molecule has 1 saturated carbocycles. The summed E-state index contributed by atoms with van der Waals surface area (Å²) in [7, 11) is 2.82. The summed E-state index contributed by atoms with van der Waals surface area (Å²) in [5.74, 6) is -6.13. The zero-order valence-electron chi connectivity index (χ0n) is 26.6. The van der Waals surface area contributed by atoms with Crippen LogP contribution in [0.3, 0.4) is 0 Å². The third kappa shape index (κ3) is 4.45. The average molecular weight is 670 g/mol. The summed E-state index contributed by atoms with van der Waals surface area (Å²) in [5, 5.41) is 33.9. The number of imide groups is 2. The molecule has 3 heterocycles. The number of para-hydroxylation sites is 1. The fourth-order valence-electron chi connectivity index (χ4n) is 8.48. The molecule has 6 atom stereocenters. The summed E-state index contributed by atoms with van der Waals surface area (Å²) in [4.78, 5) is 82.6. The van der Waals surface area contributed by atoms with Crippen LogP contribution in [0.2, 0.25) is 0 Å². The van der Waals surface area contributed by atoms with Gasteiger partial charge in [-0.05, 0) is 49.9 Å². The van der Waals surface area contributed by atoms with Crippen molar-refractivity contribution in [1.29, 1.82) is 0 Å². The van der Waals surface area contributed by atoms with E-state index in [1.807, 2.05) is 0 Å². The molecule has 2 aliphatic heterocycles. The van der Waals surface area contributed by atoms with E-state index in [1.54, 1.807) is 55.5 Å². The second-order valence-electron chi connectivity index (χ2n) is 13.2. The Bertz CT molecular complexity index is 1970. The van der Waals surface area contributed by atoms with Crippen LogP contribution in [0.15, 0.2) is 70.7 Å². The van der Waals surface area contributed by atoms with Gasteiger partial charge in [-0.1, -0.05) is 29.8 Å². The van der Waals surface area contributed by atoms with Crippen molar-refractivity contribution in [3.63, 3.8) is 0 Å². The van der Waals surface area contributed by atoms with Crippen molar-refractivity contribution in [3.05, 3.63) is 98.0 Å². The number of nitro benzene ring substituents is 2. The van der Waals surface area contributed by atoms with Gasteiger partial charge in [0.2, 0.25) is 23.6 Å². The Labute approximate surface area is 278 Å². The number of allylic oxidation sites excluding steroid dienone is 2. The van der Waals surface area contributed by atoms with Gasteiger partial charge in [-0.25, -0.2) is 9.80 Å². The zero-order chi connectivity index (χ0) is 35.1. The van der Waals surface area contributed by atoms with Crippen molar-refractivity contribution in [2.24, 2.45) is 29.1 Å². The first kappa shape index (κ1) is 31.9. The number of anilines is 3. The Balaban J connectivity index is 1.35. The van der Waals surface area contributed by atoms with Gasteiger partial charge in [0.25, 0.3) is 0 Å². The van der Waals surface area contributed by atoms with Crippen LogP contribution in [-0.4, -0.2) is 52.7 Å². The Kier molecular flexibility index (Phi) is 7.28. The predicted molar refractivity (Wildman–Crippen MR) is 172 cm³/mol. The Morgan fingerprint density at radius 3 is 2.12 bits per heavy atom. The highest BCUT2D eigenvalue weighted by molar-refractivity contribution is 6.25. The first-order chi connectivity index (χ1) is 23.3. The van der Waals surface area contributed by atoms with E-state index in [2.05, 4.69) is 0 Å². The molecule has 4 amide bonds. The molecule has 0 bridgehead atoms. The van der Waals surface area contributed by atoms with Crippen LogP contribution >= 0.6 is 0 Å². The third-order valence-electron chi connectivity index (χ3n) is 10.6. The van der Waals surface area contributed by atoms with Crippen molar-refractivity contribution in [3.8, 4) is 0 Å². The maximum Gasteiger partial charge on any atom is 0.301 e. The lowest BCUT2D eigenvalue weighted by atomic mass is 9.52. The molecule has 1 aromatic heterocycles. The van der Waals surface area contributed by atoms with E-state index in [1.165, 1.54) is 19.0 Å². The van der Waals surface area contributed by atoms with E-state index in [4.69, 9.17) is 4.42 Å². The van der Waals surface area contributed by atoms with E-state index < -0.39 is 86.5 Å². The van der Waals surface area contributed by atoms with E-state index >= 15 is 0 Å². The van der Waals surface area contributed by atoms with Crippen LogP contribution in [0.1, 0.15) is 37.2 Å². The number of fused-ring (bicyclic) bond motifs is 4. The summed E-state index contributed by atoms with van der Waals surface area (Å²) in [5.41, 5.74) is -2.20. The van der Waals surface area contributed by atoms with Crippen molar-refractivity contribution in [2.45, 2.75) is 32.3 Å². The van der Waals surface area contributed by atoms with Crippen LogP contribution < -0.4 is 14.7 Å². The molecule has 252 valence electrons. The molecule has 3 fully saturated rings. The smallest absolute Gasteiger partial charge is 0.301 e. The van der Waals surface area contributed by atoms with Gasteiger partial charge in [0.15, 0.2) is 5.69 Å². The number of furan rings is 1. The zero-order valence-corrected chi connectivity index (χ0v) is 26.6. The fourth-order valence-corrected chi connectivity index (χ4v) is 8.48. The number of carbonyl (C=O) groups excluding carboxylic acids is 4. The second kappa shape index (κ2) is 11.2. The highest BCUT2D eigenvalue weighted by Crippen LogP contribution is 2.64.